The maximum atomic E-state index is 12.2. The van der Waals surface area contributed by atoms with Crippen LogP contribution in [0.4, 0.5) is 0 Å². The van der Waals surface area contributed by atoms with Crippen molar-refractivity contribution in [1.82, 2.24) is 0 Å². The fourth-order valence-electron chi connectivity index (χ4n) is 2.07. The van der Waals surface area contributed by atoms with E-state index in [1.165, 1.54) is 6.08 Å². The molecule has 0 fully saturated rings. The zero-order valence-corrected chi connectivity index (χ0v) is 12.9. The molecule has 0 spiro atoms. The molecule has 23 heavy (non-hydrogen) atoms. The van der Waals surface area contributed by atoms with Crippen molar-refractivity contribution in [1.29, 1.82) is 0 Å². The van der Waals surface area contributed by atoms with E-state index >= 15 is 0 Å². The molecule has 0 aliphatic carbocycles. The highest BCUT2D eigenvalue weighted by Gasteiger charge is 2.22. The van der Waals surface area contributed by atoms with Gasteiger partial charge in [-0.2, -0.15) is 0 Å². The van der Waals surface area contributed by atoms with Crippen LogP contribution in [0.15, 0.2) is 67.3 Å². The molecule has 4 nitrogen and oxygen atoms in total. The van der Waals surface area contributed by atoms with Crippen LogP contribution in [0.1, 0.15) is 11.1 Å². The smallest absolute Gasteiger partial charge is 0.347 e. The van der Waals surface area contributed by atoms with Crippen molar-refractivity contribution in [2.24, 2.45) is 0 Å². The Balaban J connectivity index is 2.11. The Kier molecular flexibility index (Phi) is 6.39. The van der Waals surface area contributed by atoms with Gasteiger partial charge in [-0.15, -0.1) is 0 Å². The van der Waals surface area contributed by atoms with Gasteiger partial charge in [0.25, 0.3) is 0 Å². The van der Waals surface area contributed by atoms with Crippen molar-refractivity contribution in [3.8, 4) is 5.75 Å². The fourth-order valence-corrected chi connectivity index (χ4v) is 2.07. The third-order valence-corrected chi connectivity index (χ3v) is 3.25. The number of hydrogen-bond acceptors (Lipinski definition) is 4. The highest BCUT2D eigenvalue weighted by atomic mass is 16.6. The van der Waals surface area contributed by atoms with Crippen LogP contribution in [-0.2, 0) is 22.6 Å². The number of esters is 1. The van der Waals surface area contributed by atoms with E-state index in [1.807, 2.05) is 30.3 Å². The Labute approximate surface area is 136 Å². The Morgan fingerprint density at radius 1 is 1.09 bits per heavy atom. The maximum Gasteiger partial charge on any atom is 0.347 e. The second-order valence-corrected chi connectivity index (χ2v) is 5.02. The summed E-state index contributed by atoms with van der Waals surface area (Å²) in [5.74, 6) is 0.124. The lowest BCUT2D eigenvalue weighted by molar-refractivity contribution is -0.150. The molecule has 0 radical (unpaired) electrons. The van der Waals surface area contributed by atoms with Crippen molar-refractivity contribution in [3.63, 3.8) is 0 Å². The molecular weight excluding hydrogens is 292 g/mol. The van der Waals surface area contributed by atoms with Gasteiger partial charge in [0.15, 0.2) is 6.10 Å². The largest absolute Gasteiger partial charge is 0.478 e. The number of benzene rings is 2. The second-order valence-electron chi connectivity index (χ2n) is 5.02. The molecule has 0 saturated heterocycles. The van der Waals surface area contributed by atoms with Gasteiger partial charge in [-0.3, -0.25) is 0 Å². The molecule has 0 amide bonds. The van der Waals surface area contributed by atoms with Gasteiger partial charge in [0.1, 0.15) is 12.4 Å². The number of hydrogen-bond donors (Lipinski definition) is 1. The van der Waals surface area contributed by atoms with Crippen LogP contribution in [-0.4, -0.2) is 23.8 Å². The number of carbonyl (C=O) groups is 1. The lowest BCUT2D eigenvalue weighted by atomic mass is 10.1. The van der Waals surface area contributed by atoms with Crippen LogP contribution in [0, 0.1) is 0 Å². The number of ether oxygens (including phenoxy) is 2. The third-order valence-electron chi connectivity index (χ3n) is 3.25. The van der Waals surface area contributed by atoms with Crippen LogP contribution in [0.25, 0.3) is 0 Å². The van der Waals surface area contributed by atoms with E-state index in [4.69, 9.17) is 14.6 Å². The Morgan fingerprint density at radius 2 is 1.78 bits per heavy atom. The first-order valence-corrected chi connectivity index (χ1v) is 7.41. The maximum absolute atomic E-state index is 12.2. The van der Waals surface area contributed by atoms with Crippen molar-refractivity contribution in [3.05, 3.63) is 78.4 Å². The molecule has 1 N–H and O–H groups in total. The van der Waals surface area contributed by atoms with Gasteiger partial charge in [0, 0.05) is 6.42 Å². The summed E-state index contributed by atoms with van der Waals surface area (Å²) >= 11 is 0. The zero-order valence-electron chi connectivity index (χ0n) is 12.9. The lowest BCUT2D eigenvalue weighted by Gasteiger charge is -2.18. The normalized spacial score (nSPS) is 11.5. The Bertz CT molecular complexity index is 620. The van der Waals surface area contributed by atoms with Crippen molar-refractivity contribution >= 4 is 5.97 Å². The topological polar surface area (TPSA) is 55.8 Å². The van der Waals surface area contributed by atoms with E-state index in [-0.39, 0.29) is 13.2 Å². The van der Waals surface area contributed by atoms with E-state index < -0.39 is 12.1 Å². The molecule has 0 aliphatic rings. The summed E-state index contributed by atoms with van der Waals surface area (Å²) in [7, 11) is 0. The fraction of sp³-hybridized carbons (Fsp3) is 0.211. The van der Waals surface area contributed by atoms with Gasteiger partial charge in [0.05, 0.1) is 6.61 Å². The molecule has 4 heteroatoms. The van der Waals surface area contributed by atoms with Gasteiger partial charge >= 0.3 is 5.97 Å². The minimum absolute atomic E-state index is 0.0326. The summed E-state index contributed by atoms with van der Waals surface area (Å²) in [5.41, 5.74) is 1.77. The molecule has 120 valence electrons. The Morgan fingerprint density at radius 3 is 2.39 bits per heavy atom. The molecule has 0 bridgehead atoms. The first-order valence-electron chi connectivity index (χ1n) is 7.41. The van der Waals surface area contributed by atoms with Crippen LogP contribution >= 0.6 is 0 Å². The summed E-state index contributed by atoms with van der Waals surface area (Å²) in [4.78, 5) is 12.2. The SMILES string of the molecule is C=CCOC(=O)[C@@H](Cc1ccccc1)Oc1ccc(CO)cc1. The van der Waals surface area contributed by atoms with E-state index in [1.54, 1.807) is 24.3 Å². The minimum atomic E-state index is -0.739. The molecule has 0 aliphatic heterocycles. The average molecular weight is 312 g/mol. The monoisotopic (exact) mass is 312 g/mol. The highest BCUT2D eigenvalue weighted by Crippen LogP contribution is 2.17. The summed E-state index contributed by atoms with van der Waals surface area (Å²) in [6, 6.07) is 16.6. The summed E-state index contributed by atoms with van der Waals surface area (Å²) in [5, 5.41) is 9.07. The van der Waals surface area contributed by atoms with Crippen molar-refractivity contribution < 1.29 is 19.4 Å². The van der Waals surface area contributed by atoms with E-state index in [2.05, 4.69) is 6.58 Å². The first kappa shape index (κ1) is 16.8. The van der Waals surface area contributed by atoms with E-state index in [0.29, 0.717) is 12.2 Å². The predicted molar refractivity (Wildman–Crippen MR) is 88.1 cm³/mol. The summed E-state index contributed by atoms with van der Waals surface area (Å²) in [6.45, 7) is 3.65. The molecular formula is C19H20O4. The standard InChI is InChI=1S/C19H20O4/c1-2-12-22-19(21)18(13-15-6-4-3-5-7-15)23-17-10-8-16(14-20)9-11-17/h2-11,18,20H,1,12-14H2/t18-/m1/s1. The van der Waals surface area contributed by atoms with Crippen LogP contribution < -0.4 is 4.74 Å². The molecule has 2 aromatic rings. The first-order chi connectivity index (χ1) is 11.2. The lowest BCUT2D eigenvalue weighted by Crippen LogP contribution is -2.31. The van der Waals surface area contributed by atoms with Gasteiger partial charge < -0.3 is 14.6 Å². The van der Waals surface area contributed by atoms with Crippen molar-refractivity contribution in [2.45, 2.75) is 19.1 Å². The molecule has 2 rings (SSSR count). The number of aliphatic hydroxyl groups is 1. The van der Waals surface area contributed by atoms with Crippen molar-refractivity contribution in [2.75, 3.05) is 6.61 Å². The number of rotatable bonds is 8. The minimum Gasteiger partial charge on any atom is -0.478 e. The van der Waals surface area contributed by atoms with Crippen LogP contribution in [0.2, 0.25) is 0 Å². The average Bonchev–Trinajstić information content (AvgIpc) is 2.60. The predicted octanol–water partition coefficient (Wildman–Crippen LogP) is 2.90. The van der Waals surface area contributed by atoms with Crippen LogP contribution in [0.3, 0.4) is 0 Å². The van der Waals surface area contributed by atoms with Gasteiger partial charge in [0.2, 0.25) is 0 Å². The zero-order chi connectivity index (χ0) is 16.5. The van der Waals surface area contributed by atoms with Gasteiger partial charge in [-0.25, -0.2) is 4.79 Å². The van der Waals surface area contributed by atoms with Crippen LogP contribution in [0.5, 0.6) is 5.75 Å². The quantitative estimate of drug-likeness (QED) is 0.601. The third kappa shape index (κ3) is 5.27. The number of aliphatic hydroxyl groups excluding tert-OH is 1. The number of carbonyl (C=O) groups excluding carboxylic acids is 1. The molecule has 0 heterocycles. The summed E-state index contributed by atoms with van der Waals surface area (Å²) < 4.78 is 10.9. The van der Waals surface area contributed by atoms with E-state index in [9.17, 15) is 4.79 Å². The molecule has 0 aromatic heterocycles. The molecule has 0 saturated carbocycles. The van der Waals surface area contributed by atoms with Gasteiger partial charge in [-0.05, 0) is 23.3 Å². The van der Waals surface area contributed by atoms with E-state index in [0.717, 1.165) is 11.1 Å². The summed E-state index contributed by atoms with van der Waals surface area (Å²) in [6.07, 6.45) is 1.20. The van der Waals surface area contributed by atoms with Gasteiger partial charge in [-0.1, -0.05) is 55.1 Å². The molecule has 0 unspecified atom stereocenters. The highest BCUT2D eigenvalue weighted by molar-refractivity contribution is 5.75. The molecule has 1 atom stereocenters. The Hall–Kier alpha value is -2.59. The second kappa shape index (κ2) is 8.76. The molecule has 2 aromatic carbocycles.